The van der Waals surface area contributed by atoms with Crippen molar-refractivity contribution in [3.05, 3.63) is 57.7 Å². The molecule has 0 saturated carbocycles. The molecule has 0 aromatic carbocycles. The van der Waals surface area contributed by atoms with Crippen molar-refractivity contribution in [2.75, 3.05) is 5.32 Å². The van der Waals surface area contributed by atoms with Crippen molar-refractivity contribution < 1.29 is 9.21 Å². The average molecular weight is 343 g/mol. The van der Waals surface area contributed by atoms with Gasteiger partial charge in [0, 0.05) is 24.2 Å². The van der Waals surface area contributed by atoms with Gasteiger partial charge in [-0.05, 0) is 32.0 Å². The Bertz CT molecular complexity index is 923. The molecule has 0 spiro atoms. The summed E-state index contributed by atoms with van der Waals surface area (Å²) in [6.07, 6.45) is 1.81. The third-order valence-corrected chi connectivity index (χ3v) is 4.36. The Kier molecular flexibility index (Phi) is 4.61. The van der Waals surface area contributed by atoms with Crippen LogP contribution in [-0.4, -0.2) is 15.5 Å². The van der Waals surface area contributed by atoms with Crippen LogP contribution in [0, 0.1) is 6.92 Å². The Hall–Kier alpha value is -2.67. The number of thiazole rings is 1. The molecule has 6 nitrogen and oxygen atoms in total. The number of pyridine rings is 1. The predicted molar refractivity (Wildman–Crippen MR) is 93.3 cm³/mol. The Morgan fingerprint density at radius 2 is 2.17 bits per heavy atom. The zero-order valence-electron chi connectivity index (χ0n) is 13.4. The van der Waals surface area contributed by atoms with Crippen molar-refractivity contribution in [3.8, 4) is 10.8 Å². The van der Waals surface area contributed by atoms with Crippen LogP contribution in [0.25, 0.3) is 10.8 Å². The fourth-order valence-corrected chi connectivity index (χ4v) is 3.05. The molecule has 3 aromatic heterocycles. The van der Waals surface area contributed by atoms with Gasteiger partial charge in [0.1, 0.15) is 5.76 Å². The van der Waals surface area contributed by atoms with Crippen molar-refractivity contribution in [1.29, 1.82) is 0 Å². The Labute approximate surface area is 142 Å². The third kappa shape index (κ3) is 3.62. The first-order valence-corrected chi connectivity index (χ1v) is 8.44. The van der Waals surface area contributed by atoms with E-state index in [-0.39, 0.29) is 17.9 Å². The zero-order chi connectivity index (χ0) is 17.1. The van der Waals surface area contributed by atoms with Crippen molar-refractivity contribution in [2.45, 2.75) is 26.8 Å². The maximum atomic E-state index is 12.2. The average Bonchev–Trinajstić information content (AvgIpc) is 3.18. The maximum Gasteiger partial charge on any atom is 0.250 e. The first-order valence-electron chi connectivity index (χ1n) is 7.56. The molecule has 24 heavy (non-hydrogen) atoms. The highest BCUT2D eigenvalue weighted by Crippen LogP contribution is 2.25. The lowest BCUT2D eigenvalue weighted by molar-refractivity contribution is -0.115. The zero-order valence-corrected chi connectivity index (χ0v) is 14.2. The topological polar surface area (TPSA) is 77.1 Å². The fourth-order valence-electron chi connectivity index (χ4n) is 2.27. The molecule has 0 saturated heterocycles. The molecule has 3 rings (SSSR count). The van der Waals surface area contributed by atoms with Crippen LogP contribution >= 0.6 is 11.3 Å². The standard InChI is InChI=1S/C17H17N3O3S/c1-3-20-9-12(5-7-16(20)22)18-15(21)8-13-10-24-17(19-13)14-6-4-11(2)23-14/h4-7,9-10H,3,8H2,1-2H3,(H,18,21). The summed E-state index contributed by atoms with van der Waals surface area (Å²) in [5.41, 5.74) is 1.19. The summed E-state index contributed by atoms with van der Waals surface area (Å²) in [5.74, 6) is 1.36. The second kappa shape index (κ2) is 6.84. The molecule has 0 aliphatic heterocycles. The molecule has 1 amide bonds. The molecule has 0 aliphatic carbocycles. The number of rotatable bonds is 5. The van der Waals surface area contributed by atoms with E-state index in [4.69, 9.17) is 4.42 Å². The van der Waals surface area contributed by atoms with Gasteiger partial charge in [-0.3, -0.25) is 9.59 Å². The number of carbonyl (C=O) groups excluding carboxylic acids is 1. The molecule has 0 unspecified atom stereocenters. The monoisotopic (exact) mass is 343 g/mol. The second-order valence-corrected chi connectivity index (χ2v) is 6.18. The fraction of sp³-hybridized carbons (Fsp3) is 0.235. The van der Waals surface area contributed by atoms with Crippen LogP contribution in [0.5, 0.6) is 0 Å². The molecule has 0 radical (unpaired) electrons. The highest BCUT2D eigenvalue weighted by atomic mass is 32.1. The second-order valence-electron chi connectivity index (χ2n) is 5.32. The van der Waals surface area contributed by atoms with Gasteiger partial charge in [-0.15, -0.1) is 11.3 Å². The number of anilines is 1. The highest BCUT2D eigenvalue weighted by molar-refractivity contribution is 7.13. The van der Waals surface area contributed by atoms with Crippen molar-refractivity contribution in [3.63, 3.8) is 0 Å². The minimum absolute atomic E-state index is 0.0895. The molecule has 7 heteroatoms. The first kappa shape index (κ1) is 16.2. The highest BCUT2D eigenvalue weighted by Gasteiger charge is 2.11. The smallest absolute Gasteiger partial charge is 0.250 e. The minimum Gasteiger partial charge on any atom is -0.459 e. The third-order valence-electron chi connectivity index (χ3n) is 3.45. The van der Waals surface area contributed by atoms with Gasteiger partial charge >= 0.3 is 0 Å². The summed E-state index contributed by atoms with van der Waals surface area (Å²) in [6.45, 7) is 4.31. The number of aryl methyl sites for hydroxylation is 2. The van der Waals surface area contributed by atoms with Crippen LogP contribution in [-0.2, 0) is 17.8 Å². The number of hydrogen-bond donors (Lipinski definition) is 1. The van der Waals surface area contributed by atoms with E-state index < -0.39 is 0 Å². The number of amides is 1. The minimum atomic E-state index is -0.177. The van der Waals surface area contributed by atoms with Crippen LogP contribution in [0.3, 0.4) is 0 Å². The molecular weight excluding hydrogens is 326 g/mol. The molecule has 0 aliphatic rings. The summed E-state index contributed by atoms with van der Waals surface area (Å²) in [4.78, 5) is 28.1. The van der Waals surface area contributed by atoms with Gasteiger partial charge < -0.3 is 14.3 Å². The van der Waals surface area contributed by atoms with E-state index in [1.165, 1.54) is 22.0 Å². The molecule has 0 bridgehead atoms. The van der Waals surface area contributed by atoms with Crippen LogP contribution in [0.4, 0.5) is 5.69 Å². The van der Waals surface area contributed by atoms with Gasteiger partial charge in [-0.1, -0.05) is 0 Å². The van der Waals surface area contributed by atoms with Gasteiger partial charge in [0.25, 0.3) is 5.56 Å². The first-order chi connectivity index (χ1) is 11.5. The van der Waals surface area contributed by atoms with Crippen molar-refractivity contribution >= 4 is 22.9 Å². The van der Waals surface area contributed by atoms with Gasteiger partial charge in [0.05, 0.1) is 17.8 Å². The largest absolute Gasteiger partial charge is 0.459 e. The summed E-state index contributed by atoms with van der Waals surface area (Å²) in [6, 6.07) is 6.79. The van der Waals surface area contributed by atoms with Crippen LogP contribution in [0.2, 0.25) is 0 Å². The normalized spacial score (nSPS) is 10.8. The summed E-state index contributed by atoms with van der Waals surface area (Å²) >= 11 is 1.44. The van der Waals surface area contributed by atoms with E-state index in [2.05, 4.69) is 10.3 Å². The Morgan fingerprint density at radius 3 is 2.88 bits per heavy atom. The van der Waals surface area contributed by atoms with Gasteiger partial charge in [0.2, 0.25) is 5.91 Å². The number of nitrogens with zero attached hydrogens (tertiary/aromatic N) is 2. The summed E-state index contributed by atoms with van der Waals surface area (Å²) < 4.78 is 7.07. The number of furan rings is 1. The van der Waals surface area contributed by atoms with Crippen LogP contribution in [0.1, 0.15) is 18.4 Å². The number of aromatic nitrogens is 2. The molecule has 3 aromatic rings. The van der Waals surface area contributed by atoms with E-state index in [9.17, 15) is 9.59 Å². The van der Waals surface area contributed by atoms with E-state index in [1.807, 2.05) is 31.4 Å². The molecule has 3 heterocycles. The SMILES string of the molecule is CCn1cc(NC(=O)Cc2csc(-c3ccc(C)o3)n2)ccc1=O. The van der Waals surface area contributed by atoms with E-state index in [0.717, 1.165) is 10.8 Å². The summed E-state index contributed by atoms with van der Waals surface area (Å²) in [7, 11) is 0. The lowest BCUT2D eigenvalue weighted by Gasteiger charge is -2.07. The molecular formula is C17H17N3O3S. The van der Waals surface area contributed by atoms with E-state index >= 15 is 0 Å². The lowest BCUT2D eigenvalue weighted by Crippen LogP contribution is -2.20. The van der Waals surface area contributed by atoms with Crippen molar-refractivity contribution in [2.24, 2.45) is 0 Å². The Balaban J connectivity index is 1.67. The molecule has 124 valence electrons. The van der Waals surface area contributed by atoms with E-state index in [0.29, 0.717) is 23.7 Å². The van der Waals surface area contributed by atoms with Gasteiger partial charge in [0.15, 0.2) is 10.8 Å². The Morgan fingerprint density at radius 1 is 1.33 bits per heavy atom. The maximum absolute atomic E-state index is 12.2. The number of hydrogen-bond acceptors (Lipinski definition) is 5. The number of carbonyl (C=O) groups is 1. The van der Waals surface area contributed by atoms with Gasteiger partial charge in [-0.25, -0.2) is 4.98 Å². The van der Waals surface area contributed by atoms with Gasteiger partial charge in [-0.2, -0.15) is 0 Å². The molecule has 1 N–H and O–H groups in total. The van der Waals surface area contributed by atoms with Crippen molar-refractivity contribution in [1.82, 2.24) is 9.55 Å². The lowest BCUT2D eigenvalue weighted by atomic mass is 10.3. The predicted octanol–water partition coefficient (Wildman–Crippen LogP) is 3.07. The van der Waals surface area contributed by atoms with Crippen LogP contribution in [0.15, 0.2) is 45.1 Å². The molecule has 0 fully saturated rings. The number of nitrogens with one attached hydrogen (secondary N) is 1. The summed E-state index contributed by atoms with van der Waals surface area (Å²) in [5, 5.41) is 5.39. The molecule has 0 atom stereocenters. The van der Waals surface area contributed by atoms with Crippen LogP contribution < -0.4 is 10.9 Å². The quantitative estimate of drug-likeness (QED) is 0.772. The van der Waals surface area contributed by atoms with E-state index in [1.54, 1.807) is 12.3 Å².